The van der Waals surface area contributed by atoms with Crippen LogP contribution in [-0.2, 0) is 9.59 Å². The quantitative estimate of drug-likeness (QED) is 0.577. The van der Waals surface area contributed by atoms with Crippen LogP contribution < -0.4 is 15.0 Å². The summed E-state index contributed by atoms with van der Waals surface area (Å²) >= 11 is 0. The first kappa shape index (κ1) is 23.9. The highest BCUT2D eigenvalue weighted by molar-refractivity contribution is 6.07. The molecule has 1 aliphatic heterocycles. The summed E-state index contributed by atoms with van der Waals surface area (Å²) in [4.78, 5) is 27.1. The number of ketones is 1. The fraction of sp³-hybridized carbons (Fsp3) is 0.385. The molecule has 0 fully saturated rings. The van der Waals surface area contributed by atoms with Gasteiger partial charge in [-0.3, -0.25) is 14.5 Å². The number of Topliss-reactive ketones (excluding diaryl/α,β-unsaturated/α-hetero) is 1. The summed E-state index contributed by atoms with van der Waals surface area (Å²) in [5.74, 6) is -1.84. The van der Waals surface area contributed by atoms with Crippen molar-refractivity contribution in [2.24, 2.45) is 5.41 Å². The molecule has 0 aromatic heterocycles. The smallest absolute Gasteiger partial charge is 0.471 e. The molecule has 1 atom stereocenters. The van der Waals surface area contributed by atoms with Gasteiger partial charge in [0.2, 0.25) is 0 Å². The minimum absolute atomic E-state index is 0.0645. The van der Waals surface area contributed by atoms with Crippen molar-refractivity contribution in [3.8, 4) is 5.75 Å². The molecule has 1 heterocycles. The van der Waals surface area contributed by atoms with E-state index in [1.54, 1.807) is 42.5 Å². The number of hydrogen-bond donors (Lipinski definition) is 1. The molecule has 0 radical (unpaired) electrons. The standard InChI is InChI=1S/C26H27F3N2O3/c1-4-12-34-17-9-7-8-16(13-17)23-22-19(14-25(2,3)15-21(22)32)30-18-10-5-6-11-20(18)31(23)24(33)26(27,28)29/h5-11,13,23,30H,4,12,14-15H2,1-3H3. The number of anilines is 2. The lowest BCUT2D eigenvalue weighted by molar-refractivity contribution is -0.170. The summed E-state index contributed by atoms with van der Waals surface area (Å²) in [7, 11) is 0. The second-order valence-corrected chi connectivity index (χ2v) is 9.47. The number of amides is 1. The molecule has 180 valence electrons. The maximum absolute atomic E-state index is 13.9. The predicted octanol–water partition coefficient (Wildman–Crippen LogP) is 6.18. The number of hydrogen-bond acceptors (Lipinski definition) is 4. The van der Waals surface area contributed by atoms with Gasteiger partial charge in [0.15, 0.2) is 5.78 Å². The van der Waals surface area contributed by atoms with Crippen LogP contribution in [-0.4, -0.2) is 24.5 Å². The van der Waals surface area contributed by atoms with Crippen LogP contribution in [0.3, 0.4) is 0 Å². The van der Waals surface area contributed by atoms with Crippen molar-refractivity contribution in [1.29, 1.82) is 0 Å². The van der Waals surface area contributed by atoms with Crippen molar-refractivity contribution in [1.82, 2.24) is 0 Å². The molecule has 2 aromatic rings. The van der Waals surface area contributed by atoms with E-state index in [1.165, 1.54) is 6.07 Å². The van der Waals surface area contributed by atoms with Gasteiger partial charge in [-0.1, -0.05) is 45.0 Å². The molecule has 5 nitrogen and oxygen atoms in total. The van der Waals surface area contributed by atoms with Gasteiger partial charge in [0.05, 0.1) is 24.0 Å². The highest BCUT2D eigenvalue weighted by Crippen LogP contribution is 2.49. The first-order valence-electron chi connectivity index (χ1n) is 11.3. The zero-order chi connectivity index (χ0) is 24.7. The van der Waals surface area contributed by atoms with E-state index in [-0.39, 0.29) is 28.9 Å². The Labute approximate surface area is 196 Å². The van der Waals surface area contributed by atoms with Crippen molar-refractivity contribution in [2.75, 3.05) is 16.8 Å². The lowest BCUT2D eigenvalue weighted by atomic mass is 9.73. The minimum atomic E-state index is -5.14. The number of carbonyl (C=O) groups excluding carboxylic acids is 2. The Bertz CT molecular complexity index is 1150. The van der Waals surface area contributed by atoms with E-state index in [4.69, 9.17) is 4.74 Å². The molecule has 4 rings (SSSR count). The van der Waals surface area contributed by atoms with Crippen LogP contribution in [0, 0.1) is 5.41 Å². The van der Waals surface area contributed by atoms with Gasteiger partial charge < -0.3 is 10.1 Å². The average molecular weight is 473 g/mol. The van der Waals surface area contributed by atoms with Crippen LogP contribution in [0.2, 0.25) is 0 Å². The number of nitrogens with zero attached hydrogens (tertiary/aromatic N) is 1. The number of allylic oxidation sites excluding steroid dienone is 1. The Morgan fingerprint density at radius 1 is 1.15 bits per heavy atom. The molecule has 0 saturated carbocycles. The highest BCUT2D eigenvalue weighted by Gasteiger charge is 2.50. The van der Waals surface area contributed by atoms with Crippen molar-refractivity contribution in [2.45, 2.75) is 52.3 Å². The summed E-state index contributed by atoms with van der Waals surface area (Å²) in [5.41, 5.74) is 1.13. The summed E-state index contributed by atoms with van der Waals surface area (Å²) < 4.78 is 47.4. The molecule has 1 unspecified atom stereocenters. The first-order chi connectivity index (χ1) is 16.0. The largest absolute Gasteiger partial charge is 0.494 e. The van der Waals surface area contributed by atoms with E-state index in [2.05, 4.69) is 5.32 Å². The molecule has 0 spiro atoms. The number of alkyl halides is 3. The van der Waals surface area contributed by atoms with Gasteiger partial charge in [0.25, 0.3) is 0 Å². The highest BCUT2D eigenvalue weighted by atomic mass is 19.4. The summed E-state index contributed by atoms with van der Waals surface area (Å²) in [6.45, 7) is 6.27. The second kappa shape index (κ2) is 8.81. The molecule has 0 bridgehead atoms. The van der Waals surface area contributed by atoms with E-state index in [0.717, 1.165) is 6.42 Å². The first-order valence-corrected chi connectivity index (χ1v) is 11.3. The Morgan fingerprint density at radius 2 is 1.88 bits per heavy atom. The summed E-state index contributed by atoms with van der Waals surface area (Å²) in [5, 5.41) is 3.20. The van der Waals surface area contributed by atoms with Crippen LogP contribution in [0.15, 0.2) is 59.8 Å². The number of fused-ring (bicyclic) bond motifs is 1. The lowest BCUT2D eigenvalue weighted by Crippen LogP contribution is -2.45. The molecule has 1 amide bonds. The van der Waals surface area contributed by atoms with E-state index in [9.17, 15) is 22.8 Å². The molecule has 2 aromatic carbocycles. The third kappa shape index (κ3) is 4.54. The fourth-order valence-electron chi connectivity index (χ4n) is 4.66. The molecule has 0 saturated heterocycles. The van der Waals surface area contributed by atoms with Crippen LogP contribution >= 0.6 is 0 Å². The van der Waals surface area contributed by atoms with Crippen molar-refractivity contribution in [3.63, 3.8) is 0 Å². The van der Waals surface area contributed by atoms with Crippen molar-refractivity contribution in [3.05, 3.63) is 65.4 Å². The van der Waals surface area contributed by atoms with Gasteiger partial charge in [-0.05, 0) is 48.1 Å². The van der Waals surface area contributed by atoms with Crippen molar-refractivity contribution >= 4 is 23.1 Å². The number of rotatable bonds is 4. The summed E-state index contributed by atoms with van der Waals surface area (Å²) in [6, 6.07) is 11.7. The number of halogens is 3. The topological polar surface area (TPSA) is 58.6 Å². The van der Waals surface area contributed by atoms with Gasteiger partial charge in [-0.15, -0.1) is 0 Å². The normalized spacial score (nSPS) is 19.6. The Hall–Kier alpha value is -3.29. The maximum Gasteiger partial charge on any atom is 0.471 e. The summed E-state index contributed by atoms with van der Waals surface area (Å²) in [6.07, 6.45) is -3.75. The van der Waals surface area contributed by atoms with E-state index < -0.39 is 18.1 Å². The molecule has 1 N–H and O–H groups in total. The Morgan fingerprint density at radius 3 is 2.59 bits per heavy atom. The van der Waals surface area contributed by atoms with Crippen LogP contribution in [0.25, 0.3) is 0 Å². The van der Waals surface area contributed by atoms with Gasteiger partial charge in [-0.25, -0.2) is 0 Å². The third-order valence-corrected chi connectivity index (χ3v) is 6.01. The van der Waals surface area contributed by atoms with Gasteiger partial charge in [-0.2, -0.15) is 13.2 Å². The van der Waals surface area contributed by atoms with Crippen LogP contribution in [0.1, 0.15) is 51.6 Å². The third-order valence-electron chi connectivity index (χ3n) is 6.01. The van der Waals surface area contributed by atoms with Crippen molar-refractivity contribution < 1.29 is 27.5 Å². The van der Waals surface area contributed by atoms with Crippen LogP contribution in [0.5, 0.6) is 5.75 Å². The van der Waals surface area contributed by atoms with E-state index in [0.29, 0.717) is 40.6 Å². The number of para-hydroxylation sites is 2. The molecular formula is C26H27F3N2O3. The molecule has 34 heavy (non-hydrogen) atoms. The lowest BCUT2D eigenvalue weighted by Gasteiger charge is -2.37. The monoisotopic (exact) mass is 472 g/mol. The zero-order valence-electron chi connectivity index (χ0n) is 19.3. The number of carbonyl (C=O) groups is 2. The Balaban J connectivity index is 1.99. The predicted molar refractivity (Wildman–Crippen MR) is 124 cm³/mol. The number of nitrogens with one attached hydrogen (secondary N) is 1. The Kier molecular flexibility index (Phi) is 6.18. The molecule has 1 aliphatic carbocycles. The molecule has 8 heteroatoms. The van der Waals surface area contributed by atoms with Gasteiger partial charge in [0.1, 0.15) is 5.75 Å². The number of ether oxygens (including phenoxy) is 1. The SMILES string of the molecule is CCCOc1cccc(C2C3=C(CC(C)(C)CC3=O)Nc3ccccc3N2C(=O)C(F)(F)F)c1. The van der Waals surface area contributed by atoms with Gasteiger partial charge >= 0.3 is 12.1 Å². The zero-order valence-corrected chi connectivity index (χ0v) is 19.3. The molecular weight excluding hydrogens is 445 g/mol. The van der Waals surface area contributed by atoms with Gasteiger partial charge in [0, 0.05) is 17.7 Å². The number of benzene rings is 2. The maximum atomic E-state index is 13.9. The van der Waals surface area contributed by atoms with E-state index in [1.807, 2.05) is 20.8 Å². The van der Waals surface area contributed by atoms with E-state index >= 15 is 0 Å². The average Bonchev–Trinajstić information content (AvgIpc) is 2.90. The second-order valence-electron chi connectivity index (χ2n) is 9.47. The minimum Gasteiger partial charge on any atom is -0.494 e. The molecule has 2 aliphatic rings. The van der Waals surface area contributed by atoms with Crippen LogP contribution in [0.4, 0.5) is 24.5 Å². The fourth-order valence-corrected chi connectivity index (χ4v) is 4.66.